The van der Waals surface area contributed by atoms with Gasteiger partial charge >= 0.3 is 11.9 Å². The molecule has 0 spiro atoms. The molecule has 182 valence electrons. The monoisotopic (exact) mass is 470 g/mol. The van der Waals surface area contributed by atoms with Crippen LogP contribution in [0.1, 0.15) is 57.6 Å². The fraction of sp³-hybridized carbons (Fsp3) is 0.480. The van der Waals surface area contributed by atoms with Crippen LogP contribution >= 0.6 is 0 Å². The van der Waals surface area contributed by atoms with Gasteiger partial charge in [-0.2, -0.15) is 0 Å². The van der Waals surface area contributed by atoms with Crippen molar-refractivity contribution < 1.29 is 28.8 Å². The fourth-order valence-electron chi connectivity index (χ4n) is 4.62. The van der Waals surface area contributed by atoms with Gasteiger partial charge < -0.3 is 14.8 Å². The summed E-state index contributed by atoms with van der Waals surface area (Å²) in [5.74, 6) is -3.98. The van der Waals surface area contributed by atoms with Crippen molar-refractivity contribution in [3.63, 3.8) is 0 Å². The minimum atomic E-state index is -1.03. The number of dihydropyridines is 1. The molecule has 0 saturated carbocycles. The molecule has 4 atom stereocenters. The Labute approximate surface area is 198 Å². The van der Waals surface area contributed by atoms with E-state index < -0.39 is 34.5 Å². The number of allylic oxidation sites excluding steroid dienone is 3. The number of nitro groups is 1. The number of nitro benzene ring substituents is 1. The lowest BCUT2D eigenvalue weighted by atomic mass is 9.69. The van der Waals surface area contributed by atoms with Gasteiger partial charge in [-0.05, 0) is 45.1 Å². The Hall–Kier alpha value is -3.49. The molecule has 0 radical (unpaired) electrons. The van der Waals surface area contributed by atoms with E-state index >= 15 is 0 Å². The van der Waals surface area contributed by atoms with E-state index in [0.29, 0.717) is 35.4 Å². The lowest BCUT2D eigenvalue weighted by Gasteiger charge is -2.38. The zero-order chi connectivity index (χ0) is 25.3. The van der Waals surface area contributed by atoms with Crippen molar-refractivity contribution in [3.8, 4) is 0 Å². The molecule has 0 amide bonds. The molecule has 0 aromatic heterocycles. The molecule has 9 heteroatoms. The molecule has 1 N–H and O–H groups in total. The SMILES string of the molecule is CC[C@@H](C)OC(=O)C1=C(C)NC2=C(C(=O)[C@@H](C(=O)OC)[C@@H](C)C2)[C@H]1c1ccc(C)c([N+](=O)[O-])c1. The standard InChI is InChI=1S/C25H30N2O7/c1-7-14(4)34-25(30)20-15(5)26-17-10-13(3)19(24(29)33-6)23(28)22(17)21(20)16-9-8-12(2)18(11-16)27(31)32/h8-9,11,13-14,19,21,26H,7,10H2,1-6H3/t13-,14+,19-,21-/m0/s1. The molecule has 34 heavy (non-hydrogen) atoms. The minimum Gasteiger partial charge on any atom is -0.468 e. The average Bonchev–Trinajstić information content (AvgIpc) is 2.77. The van der Waals surface area contributed by atoms with E-state index in [1.54, 1.807) is 39.8 Å². The van der Waals surface area contributed by atoms with Crippen molar-refractivity contribution in [2.24, 2.45) is 11.8 Å². The van der Waals surface area contributed by atoms with Crippen LogP contribution < -0.4 is 5.32 Å². The van der Waals surface area contributed by atoms with E-state index in [-0.39, 0.29) is 28.9 Å². The van der Waals surface area contributed by atoms with Crippen LogP contribution in [0.3, 0.4) is 0 Å². The largest absolute Gasteiger partial charge is 0.468 e. The smallest absolute Gasteiger partial charge is 0.337 e. The summed E-state index contributed by atoms with van der Waals surface area (Å²) in [5, 5.41) is 14.8. The summed E-state index contributed by atoms with van der Waals surface area (Å²) in [6, 6.07) is 4.65. The van der Waals surface area contributed by atoms with E-state index in [2.05, 4.69) is 5.32 Å². The number of ketones is 1. The lowest BCUT2D eigenvalue weighted by Crippen LogP contribution is -2.43. The van der Waals surface area contributed by atoms with Gasteiger partial charge in [-0.3, -0.25) is 19.7 Å². The van der Waals surface area contributed by atoms with Gasteiger partial charge in [-0.25, -0.2) is 4.79 Å². The first-order chi connectivity index (χ1) is 16.0. The highest BCUT2D eigenvalue weighted by Gasteiger charge is 2.47. The Morgan fingerprint density at radius 2 is 1.97 bits per heavy atom. The summed E-state index contributed by atoms with van der Waals surface area (Å²) in [6.45, 7) is 8.78. The second kappa shape index (κ2) is 9.79. The number of nitrogens with one attached hydrogen (secondary N) is 1. The number of methoxy groups -OCH3 is 1. The first-order valence-electron chi connectivity index (χ1n) is 11.3. The molecule has 0 bridgehead atoms. The van der Waals surface area contributed by atoms with Crippen LogP contribution in [-0.2, 0) is 23.9 Å². The maximum absolute atomic E-state index is 13.7. The third-order valence-electron chi connectivity index (χ3n) is 6.61. The van der Waals surface area contributed by atoms with Crippen molar-refractivity contribution in [2.45, 2.75) is 59.5 Å². The fourth-order valence-corrected chi connectivity index (χ4v) is 4.62. The predicted octanol–water partition coefficient (Wildman–Crippen LogP) is 3.86. The normalized spacial score (nSPS) is 23.1. The molecule has 1 aromatic rings. The zero-order valence-electron chi connectivity index (χ0n) is 20.3. The second-order valence-electron chi connectivity index (χ2n) is 8.96. The Morgan fingerprint density at radius 3 is 2.56 bits per heavy atom. The van der Waals surface area contributed by atoms with E-state index in [4.69, 9.17) is 9.47 Å². The van der Waals surface area contributed by atoms with Crippen LogP contribution in [0.15, 0.2) is 40.7 Å². The zero-order valence-corrected chi connectivity index (χ0v) is 20.3. The number of rotatable bonds is 6. The van der Waals surface area contributed by atoms with Crippen LogP contribution in [-0.4, -0.2) is 35.9 Å². The van der Waals surface area contributed by atoms with Gasteiger partial charge in [0.2, 0.25) is 0 Å². The topological polar surface area (TPSA) is 125 Å². The summed E-state index contributed by atoms with van der Waals surface area (Å²) in [5.41, 5.74) is 2.30. The summed E-state index contributed by atoms with van der Waals surface area (Å²) in [7, 11) is 1.23. The summed E-state index contributed by atoms with van der Waals surface area (Å²) >= 11 is 0. The van der Waals surface area contributed by atoms with Crippen LogP contribution in [0.2, 0.25) is 0 Å². The quantitative estimate of drug-likeness (QED) is 0.288. The molecule has 1 aliphatic carbocycles. The molecule has 0 fully saturated rings. The van der Waals surface area contributed by atoms with Gasteiger partial charge in [0.1, 0.15) is 5.92 Å². The molecule has 9 nitrogen and oxygen atoms in total. The van der Waals surface area contributed by atoms with Crippen molar-refractivity contribution in [3.05, 3.63) is 62.0 Å². The number of Topliss-reactive ketones (excluding diaryl/α,β-unsaturated/α-hetero) is 1. The maximum atomic E-state index is 13.7. The van der Waals surface area contributed by atoms with Gasteiger partial charge in [0, 0.05) is 34.5 Å². The van der Waals surface area contributed by atoms with E-state index in [1.807, 2.05) is 6.92 Å². The van der Waals surface area contributed by atoms with Crippen LogP contribution in [0.5, 0.6) is 0 Å². The molecular formula is C25H30N2O7. The highest BCUT2D eigenvalue weighted by Crippen LogP contribution is 2.46. The Morgan fingerprint density at radius 1 is 1.29 bits per heavy atom. The number of esters is 2. The average molecular weight is 471 g/mol. The van der Waals surface area contributed by atoms with Crippen LogP contribution in [0.4, 0.5) is 5.69 Å². The van der Waals surface area contributed by atoms with E-state index in [0.717, 1.165) is 0 Å². The molecule has 0 saturated heterocycles. The first kappa shape index (κ1) is 25.1. The number of carbonyl (C=O) groups excluding carboxylic acids is 3. The van der Waals surface area contributed by atoms with Gasteiger partial charge in [0.15, 0.2) is 5.78 Å². The highest BCUT2D eigenvalue weighted by atomic mass is 16.6. The number of hydrogen-bond acceptors (Lipinski definition) is 8. The summed E-state index contributed by atoms with van der Waals surface area (Å²) in [4.78, 5) is 50.6. The van der Waals surface area contributed by atoms with Gasteiger partial charge in [0.25, 0.3) is 5.69 Å². The molecule has 1 heterocycles. The van der Waals surface area contributed by atoms with Crippen molar-refractivity contribution in [1.29, 1.82) is 0 Å². The van der Waals surface area contributed by atoms with Gasteiger partial charge in [-0.15, -0.1) is 0 Å². The Bertz CT molecular complexity index is 1120. The van der Waals surface area contributed by atoms with Gasteiger partial charge in [-0.1, -0.05) is 26.0 Å². The number of aryl methyl sites for hydroxylation is 1. The summed E-state index contributed by atoms with van der Waals surface area (Å²) < 4.78 is 10.5. The van der Waals surface area contributed by atoms with E-state index in [9.17, 15) is 24.5 Å². The first-order valence-corrected chi connectivity index (χ1v) is 11.3. The lowest BCUT2D eigenvalue weighted by molar-refractivity contribution is -0.385. The van der Waals surface area contributed by atoms with Crippen molar-refractivity contribution in [2.75, 3.05) is 7.11 Å². The minimum absolute atomic E-state index is 0.119. The molecule has 2 aliphatic rings. The molecule has 3 rings (SSSR count). The molecular weight excluding hydrogens is 440 g/mol. The molecule has 1 aromatic carbocycles. The molecule has 1 aliphatic heterocycles. The van der Waals surface area contributed by atoms with E-state index in [1.165, 1.54) is 13.2 Å². The third-order valence-corrected chi connectivity index (χ3v) is 6.61. The Balaban J connectivity index is 2.23. The van der Waals surface area contributed by atoms with Crippen molar-refractivity contribution in [1.82, 2.24) is 5.32 Å². The number of carbonyl (C=O) groups is 3. The number of ether oxygens (including phenoxy) is 2. The highest BCUT2D eigenvalue weighted by molar-refractivity contribution is 6.12. The maximum Gasteiger partial charge on any atom is 0.337 e. The van der Waals surface area contributed by atoms with Crippen LogP contribution in [0, 0.1) is 28.9 Å². The van der Waals surface area contributed by atoms with Crippen LogP contribution in [0.25, 0.3) is 0 Å². The predicted molar refractivity (Wildman–Crippen MR) is 124 cm³/mol. The Kier molecular flexibility index (Phi) is 7.24. The van der Waals surface area contributed by atoms with Gasteiger partial charge in [0.05, 0.1) is 23.7 Å². The summed E-state index contributed by atoms with van der Waals surface area (Å²) in [6.07, 6.45) is 0.623. The number of hydrogen-bond donors (Lipinski definition) is 1. The third kappa shape index (κ3) is 4.47. The van der Waals surface area contributed by atoms with Crippen molar-refractivity contribution >= 4 is 23.4 Å². The molecule has 0 unspecified atom stereocenters. The second-order valence-corrected chi connectivity index (χ2v) is 8.96. The number of benzene rings is 1. The number of nitrogens with zero attached hydrogens (tertiary/aromatic N) is 1.